The summed E-state index contributed by atoms with van der Waals surface area (Å²) in [5.74, 6) is -2.06. The molecule has 0 radical (unpaired) electrons. The van der Waals surface area contributed by atoms with Crippen molar-refractivity contribution < 1.29 is 23.9 Å². The number of carbonyl (C=O) groups excluding carboxylic acids is 4. The maximum absolute atomic E-state index is 12.1. The largest absolute Gasteiger partial charge is 0.451 e. The highest BCUT2D eigenvalue weighted by Gasteiger charge is 2.41. The highest BCUT2D eigenvalue weighted by molar-refractivity contribution is 6.06. The van der Waals surface area contributed by atoms with Gasteiger partial charge in [-0.1, -0.05) is 30.3 Å². The molecule has 0 aliphatic carbocycles. The molecule has 2 amide bonds. The first-order valence-corrected chi connectivity index (χ1v) is 6.54. The van der Waals surface area contributed by atoms with Gasteiger partial charge in [-0.05, 0) is 12.5 Å². The number of hydrogen-bond donors (Lipinski definition) is 0. The van der Waals surface area contributed by atoms with Crippen molar-refractivity contribution in [2.45, 2.75) is 32.4 Å². The van der Waals surface area contributed by atoms with Crippen molar-refractivity contribution >= 4 is 23.6 Å². The predicted molar refractivity (Wildman–Crippen MR) is 71.8 cm³/mol. The second-order valence-corrected chi connectivity index (χ2v) is 4.87. The van der Waals surface area contributed by atoms with E-state index < -0.39 is 24.4 Å². The van der Waals surface area contributed by atoms with Crippen LogP contribution in [0, 0.1) is 0 Å². The zero-order chi connectivity index (χ0) is 15.4. The number of hydrogen-bond acceptors (Lipinski definition) is 5. The van der Waals surface area contributed by atoms with Crippen LogP contribution >= 0.6 is 0 Å². The third kappa shape index (κ3) is 3.75. The van der Waals surface area contributed by atoms with Gasteiger partial charge in [0.05, 0.1) is 13.0 Å². The number of esters is 1. The lowest BCUT2D eigenvalue weighted by atomic mass is 10.2. The molecule has 2 rings (SSSR count). The third-order valence-electron chi connectivity index (χ3n) is 3.05. The molecular weight excluding hydrogens is 274 g/mol. The molecule has 1 heterocycles. The number of rotatable bonds is 5. The molecule has 21 heavy (non-hydrogen) atoms. The SMILES string of the molecule is CC(=O)CC(=O)O[C@H]1CC(=O)N(Cc2ccccc2)C1=O. The van der Waals surface area contributed by atoms with Gasteiger partial charge in [-0.2, -0.15) is 0 Å². The Morgan fingerprint density at radius 1 is 1.24 bits per heavy atom. The van der Waals surface area contributed by atoms with E-state index in [-0.39, 0.29) is 24.7 Å². The normalized spacial score (nSPS) is 18.0. The number of ether oxygens (including phenoxy) is 1. The summed E-state index contributed by atoms with van der Waals surface area (Å²) in [6, 6.07) is 9.06. The van der Waals surface area contributed by atoms with Crippen molar-refractivity contribution in [1.82, 2.24) is 4.90 Å². The Kier molecular flexibility index (Phi) is 4.47. The molecule has 1 saturated heterocycles. The Labute approximate surface area is 121 Å². The molecule has 1 aliphatic rings. The first-order valence-electron chi connectivity index (χ1n) is 6.54. The average molecular weight is 289 g/mol. The molecule has 1 atom stereocenters. The van der Waals surface area contributed by atoms with Gasteiger partial charge in [-0.3, -0.25) is 24.1 Å². The Bertz CT molecular complexity index is 581. The summed E-state index contributed by atoms with van der Waals surface area (Å²) < 4.78 is 4.90. The molecule has 1 aliphatic heterocycles. The van der Waals surface area contributed by atoms with E-state index in [1.807, 2.05) is 18.2 Å². The summed E-state index contributed by atoms with van der Waals surface area (Å²) in [5, 5.41) is 0. The van der Waals surface area contributed by atoms with Crippen molar-refractivity contribution in [3.8, 4) is 0 Å². The van der Waals surface area contributed by atoms with E-state index in [0.717, 1.165) is 10.5 Å². The van der Waals surface area contributed by atoms with E-state index in [2.05, 4.69) is 0 Å². The van der Waals surface area contributed by atoms with Gasteiger partial charge in [0.15, 0.2) is 6.10 Å². The van der Waals surface area contributed by atoms with Crippen LogP contribution in [0.1, 0.15) is 25.3 Å². The van der Waals surface area contributed by atoms with E-state index in [1.54, 1.807) is 12.1 Å². The number of nitrogens with zero attached hydrogens (tertiary/aromatic N) is 1. The van der Waals surface area contributed by atoms with Crippen LogP contribution in [0.25, 0.3) is 0 Å². The smallest absolute Gasteiger partial charge is 0.314 e. The molecule has 6 nitrogen and oxygen atoms in total. The maximum atomic E-state index is 12.1. The first-order chi connectivity index (χ1) is 9.97. The number of Topliss-reactive ketones (excluding diaryl/α,β-unsaturated/α-hetero) is 1. The Hall–Kier alpha value is -2.50. The van der Waals surface area contributed by atoms with E-state index >= 15 is 0 Å². The second kappa shape index (κ2) is 6.30. The fourth-order valence-corrected chi connectivity index (χ4v) is 2.08. The van der Waals surface area contributed by atoms with Crippen LogP contribution in [-0.2, 0) is 30.5 Å². The van der Waals surface area contributed by atoms with E-state index in [1.165, 1.54) is 6.92 Å². The van der Waals surface area contributed by atoms with E-state index in [0.29, 0.717) is 0 Å². The van der Waals surface area contributed by atoms with Crippen LogP contribution < -0.4 is 0 Å². The van der Waals surface area contributed by atoms with Crippen LogP contribution in [0.3, 0.4) is 0 Å². The van der Waals surface area contributed by atoms with E-state index in [4.69, 9.17) is 4.74 Å². The molecule has 0 aromatic heterocycles. The van der Waals surface area contributed by atoms with Gasteiger partial charge in [0, 0.05) is 0 Å². The zero-order valence-corrected chi connectivity index (χ0v) is 11.6. The number of imide groups is 1. The van der Waals surface area contributed by atoms with Gasteiger partial charge >= 0.3 is 5.97 Å². The molecule has 0 spiro atoms. The third-order valence-corrected chi connectivity index (χ3v) is 3.05. The van der Waals surface area contributed by atoms with Gasteiger partial charge < -0.3 is 4.74 Å². The monoisotopic (exact) mass is 289 g/mol. The lowest BCUT2D eigenvalue weighted by Crippen LogP contribution is -2.33. The summed E-state index contributed by atoms with van der Waals surface area (Å²) >= 11 is 0. The van der Waals surface area contributed by atoms with Crippen LogP contribution in [0.2, 0.25) is 0 Å². The summed E-state index contributed by atoms with van der Waals surface area (Å²) in [6.45, 7) is 1.41. The topological polar surface area (TPSA) is 80.8 Å². The molecular formula is C15H15NO5. The van der Waals surface area contributed by atoms with Crippen molar-refractivity contribution in [1.29, 1.82) is 0 Å². The highest BCUT2D eigenvalue weighted by Crippen LogP contribution is 2.19. The summed E-state index contributed by atoms with van der Waals surface area (Å²) in [7, 11) is 0. The van der Waals surface area contributed by atoms with Crippen LogP contribution in [-0.4, -0.2) is 34.6 Å². The molecule has 110 valence electrons. The van der Waals surface area contributed by atoms with Crippen molar-refractivity contribution in [2.24, 2.45) is 0 Å². The molecule has 1 aromatic carbocycles. The number of benzene rings is 1. The highest BCUT2D eigenvalue weighted by atomic mass is 16.5. The molecule has 0 N–H and O–H groups in total. The van der Waals surface area contributed by atoms with Gasteiger partial charge in [0.2, 0.25) is 5.91 Å². The van der Waals surface area contributed by atoms with Gasteiger partial charge in [0.1, 0.15) is 12.2 Å². The van der Waals surface area contributed by atoms with Crippen LogP contribution in [0.4, 0.5) is 0 Å². The summed E-state index contributed by atoms with van der Waals surface area (Å²) in [4.78, 5) is 47.2. The fraction of sp³-hybridized carbons (Fsp3) is 0.333. The number of amides is 2. The minimum atomic E-state index is -1.12. The minimum absolute atomic E-state index is 0.152. The average Bonchev–Trinajstić information content (AvgIpc) is 2.67. The minimum Gasteiger partial charge on any atom is -0.451 e. The molecule has 1 fully saturated rings. The quantitative estimate of drug-likeness (QED) is 0.456. The lowest BCUT2D eigenvalue weighted by molar-refractivity contribution is -0.157. The maximum Gasteiger partial charge on any atom is 0.314 e. The molecule has 0 saturated carbocycles. The Balaban J connectivity index is 2.00. The number of ketones is 1. The standard InChI is InChI=1S/C15H15NO5/c1-10(17)7-14(19)21-12-8-13(18)16(15(12)20)9-11-5-3-2-4-6-11/h2-6,12H,7-9H2,1H3/t12-/m0/s1. The number of carbonyl (C=O) groups is 4. The van der Waals surface area contributed by atoms with Crippen molar-refractivity contribution in [3.05, 3.63) is 35.9 Å². The molecule has 1 aromatic rings. The Morgan fingerprint density at radius 2 is 1.90 bits per heavy atom. The molecule has 0 unspecified atom stereocenters. The second-order valence-electron chi connectivity index (χ2n) is 4.87. The molecule has 0 bridgehead atoms. The Morgan fingerprint density at radius 3 is 2.52 bits per heavy atom. The molecule has 6 heteroatoms. The predicted octanol–water partition coefficient (Wildman–Crippen LogP) is 0.836. The summed E-state index contributed by atoms with van der Waals surface area (Å²) in [6.07, 6.45) is -1.68. The van der Waals surface area contributed by atoms with Crippen molar-refractivity contribution in [3.63, 3.8) is 0 Å². The lowest BCUT2D eigenvalue weighted by Gasteiger charge is -2.15. The van der Waals surface area contributed by atoms with E-state index in [9.17, 15) is 19.2 Å². The fourth-order valence-electron chi connectivity index (χ4n) is 2.08. The van der Waals surface area contributed by atoms with Gasteiger partial charge in [-0.15, -0.1) is 0 Å². The van der Waals surface area contributed by atoms with Gasteiger partial charge in [0.25, 0.3) is 5.91 Å². The summed E-state index contributed by atoms with van der Waals surface area (Å²) in [5.41, 5.74) is 0.815. The first kappa shape index (κ1) is 14.9. The number of likely N-dealkylation sites (tertiary alicyclic amines) is 1. The van der Waals surface area contributed by atoms with Crippen molar-refractivity contribution in [2.75, 3.05) is 0 Å². The van der Waals surface area contributed by atoms with Gasteiger partial charge in [-0.25, -0.2) is 0 Å². The van der Waals surface area contributed by atoms with Crippen LogP contribution in [0.15, 0.2) is 30.3 Å². The van der Waals surface area contributed by atoms with Crippen LogP contribution in [0.5, 0.6) is 0 Å². The zero-order valence-electron chi connectivity index (χ0n) is 11.6.